The van der Waals surface area contributed by atoms with Gasteiger partial charge < -0.3 is 5.11 Å². The minimum atomic E-state index is -1.00. The number of hydrogen-bond acceptors (Lipinski definition) is 2. The number of benzene rings is 1. The van der Waals surface area contributed by atoms with Crippen molar-refractivity contribution in [3.63, 3.8) is 0 Å². The molecule has 0 radical (unpaired) electrons. The summed E-state index contributed by atoms with van der Waals surface area (Å²) in [4.78, 5) is 10.8. The van der Waals surface area contributed by atoms with Gasteiger partial charge in [-0.3, -0.25) is 9.48 Å². The predicted molar refractivity (Wildman–Crippen MR) is 64.6 cm³/mol. The first-order valence-corrected chi connectivity index (χ1v) is 5.60. The second-order valence-corrected chi connectivity index (χ2v) is 4.24. The van der Waals surface area contributed by atoms with Crippen LogP contribution < -0.4 is 0 Å². The molecule has 6 heteroatoms. The Morgan fingerprint density at radius 3 is 2.74 bits per heavy atom. The molecule has 0 fully saturated rings. The molecule has 0 bridgehead atoms. The molecule has 0 spiro atoms. The third kappa shape index (κ3) is 2.47. The van der Waals surface area contributed by atoms with E-state index in [4.69, 9.17) is 5.11 Å². The molecule has 1 aromatic heterocycles. The summed E-state index contributed by atoms with van der Waals surface area (Å²) in [7, 11) is 1.58. The number of rotatable bonds is 3. The molecule has 19 heavy (non-hydrogen) atoms. The lowest BCUT2D eigenvalue weighted by atomic mass is 10.1. The normalized spacial score (nSPS) is 10.7. The summed E-state index contributed by atoms with van der Waals surface area (Å²) in [5.41, 5.74) is 1.29. The summed E-state index contributed by atoms with van der Waals surface area (Å²) in [6.07, 6.45) is -0.216. The van der Waals surface area contributed by atoms with Gasteiger partial charge in [-0.15, -0.1) is 0 Å². The van der Waals surface area contributed by atoms with Crippen molar-refractivity contribution in [2.45, 2.75) is 13.3 Å². The molecule has 1 aromatic carbocycles. The number of hydrogen-bond donors (Lipinski definition) is 1. The number of nitrogens with zero attached hydrogens (tertiary/aromatic N) is 2. The van der Waals surface area contributed by atoms with Crippen molar-refractivity contribution in [2.75, 3.05) is 0 Å². The van der Waals surface area contributed by atoms with Crippen molar-refractivity contribution in [1.82, 2.24) is 9.78 Å². The van der Waals surface area contributed by atoms with E-state index in [1.807, 2.05) is 0 Å². The van der Waals surface area contributed by atoms with Crippen LogP contribution in [0.15, 0.2) is 18.2 Å². The topological polar surface area (TPSA) is 55.1 Å². The Bertz CT molecular complexity index is 650. The van der Waals surface area contributed by atoms with Crippen molar-refractivity contribution >= 4 is 5.97 Å². The smallest absolute Gasteiger partial charge is 0.309 e. The fraction of sp³-hybridized carbons (Fsp3) is 0.231. The van der Waals surface area contributed by atoms with E-state index in [0.717, 1.165) is 18.2 Å². The van der Waals surface area contributed by atoms with E-state index in [2.05, 4.69) is 5.10 Å². The molecule has 0 saturated carbocycles. The van der Waals surface area contributed by atoms with Gasteiger partial charge in [0.1, 0.15) is 11.6 Å². The van der Waals surface area contributed by atoms with Gasteiger partial charge in [-0.25, -0.2) is 8.78 Å². The summed E-state index contributed by atoms with van der Waals surface area (Å²) in [6.45, 7) is 1.64. The van der Waals surface area contributed by atoms with Crippen molar-refractivity contribution in [2.24, 2.45) is 7.05 Å². The molecule has 0 atom stereocenters. The van der Waals surface area contributed by atoms with Gasteiger partial charge in [-0.2, -0.15) is 5.10 Å². The highest BCUT2D eigenvalue weighted by Gasteiger charge is 2.18. The van der Waals surface area contributed by atoms with Crippen LogP contribution in [-0.4, -0.2) is 20.9 Å². The lowest BCUT2D eigenvalue weighted by Gasteiger charge is -2.01. The lowest BCUT2D eigenvalue weighted by molar-refractivity contribution is -0.136. The van der Waals surface area contributed by atoms with Gasteiger partial charge in [0, 0.05) is 12.6 Å². The highest BCUT2D eigenvalue weighted by atomic mass is 19.1. The maximum atomic E-state index is 13.7. The minimum absolute atomic E-state index is 0.0322. The molecule has 4 nitrogen and oxygen atoms in total. The molecule has 100 valence electrons. The molecule has 1 N–H and O–H groups in total. The van der Waals surface area contributed by atoms with Gasteiger partial charge in [-0.05, 0) is 30.7 Å². The third-order valence-electron chi connectivity index (χ3n) is 2.93. The standard InChI is InChI=1S/C13H12F2N2O2/c1-7-11(6-12(18)19)17(2)16-13(7)9-5-8(14)3-4-10(9)15/h3-5H,6H2,1-2H3,(H,18,19). The molecule has 1 heterocycles. The molecular formula is C13H12F2N2O2. The van der Waals surface area contributed by atoms with E-state index >= 15 is 0 Å². The van der Waals surface area contributed by atoms with Gasteiger partial charge >= 0.3 is 5.97 Å². The fourth-order valence-electron chi connectivity index (χ4n) is 1.99. The second kappa shape index (κ2) is 4.79. The fourth-order valence-corrected chi connectivity index (χ4v) is 1.99. The largest absolute Gasteiger partial charge is 0.481 e. The summed E-state index contributed by atoms with van der Waals surface area (Å²) in [5.74, 6) is -2.16. The summed E-state index contributed by atoms with van der Waals surface area (Å²) in [5, 5.41) is 12.9. The zero-order valence-electron chi connectivity index (χ0n) is 10.4. The molecule has 0 amide bonds. The van der Waals surface area contributed by atoms with E-state index < -0.39 is 17.6 Å². The van der Waals surface area contributed by atoms with Crippen molar-refractivity contribution in [3.8, 4) is 11.3 Å². The number of carbonyl (C=O) groups is 1. The van der Waals surface area contributed by atoms with Gasteiger partial charge in [0.2, 0.25) is 0 Å². The SMILES string of the molecule is Cc1c(-c2cc(F)ccc2F)nn(C)c1CC(=O)O. The van der Waals surface area contributed by atoms with Crippen molar-refractivity contribution in [3.05, 3.63) is 41.1 Å². The van der Waals surface area contributed by atoms with Gasteiger partial charge in [0.25, 0.3) is 0 Å². The van der Waals surface area contributed by atoms with E-state index in [0.29, 0.717) is 11.3 Å². The molecule has 2 rings (SSSR count). The second-order valence-electron chi connectivity index (χ2n) is 4.24. The Balaban J connectivity index is 2.57. The summed E-state index contributed by atoms with van der Waals surface area (Å²) >= 11 is 0. The van der Waals surface area contributed by atoms with Gasteiger partial charge in [0.05, 0.1) is 17.8 Å². The van der Waals surface area contributed by atoms with Crippen LogP contribution in [0.1, 0.15) is 11.3 Å². The summed E-state index contributed by atoms with van der Waals surface area (Å²) in [6, 6.07) is 3.10. The number of aryl methyl sites for hydroxylation is 1. The number of aromatic nitrogens is 2. The van der Waals surface area contributed by atoms with Crippen LogP contribution in [0.4, 0.5) is 8.78 Å². The van der Waals surface area contributed by atoms with Crippen LogP contribution in [0, 0.1) is 18.6 Å². The van der Waals surface area contributed by atoms with Crippen LogP contribution in [0.5, 0.6) is 0 Å². The number of carboxylic acid groups (broad SMARTS) is 1. The average Bonchev–Trinajstić information content (AvgIpc) is 2.60. The molecule has 2 aromatic rings. The zero-order valence-corrected chi connectivity index (χ0v) is 10.4. The van der Waals surface area contributed by atoms with Crippen LogP contribution in [0.3, 0.4) is 0 Å². The first-order chi connectivity index (χ1) is 8.90. The van der Waals surface area contributed by atoms with Gasteiger partial charge in [-0.1, -0.05) is 0 Å². The Kier molecular flexibility index (Phi) is 3.33. The Morgan fingerprint density at radius 1 is 1.42 bits per heavy atom. The van der Waals surface area contributed by atoms with Crippen LogP contribution >= 0.6 is 0 Å². The predicted octanol–water partition coefficient (Wildman–Crippen LogP) is 2.30. The third-order valence-corrected chi connectivity index (χ3v) is 2.93. The molecule has 0 aliphatic carbocycles. The Labute approximate surface area is 108 Å². The molecular weight excluding hydrogens is 254 g/mol. The monoisotopic (exact) mass is 266 g/mol. The highest BCUT2D eigenvalue weighted by Crippen LogP contribution is 2.27. The summed E-state index contributed by atoms with van der Waals surface area (Å²) < 4.78 is 28.3. The quantitative estimate of drug-likeness (QED) is 0.927. The van der Waals surface area contributed by atoms with E-state index in [-0.39, 0.29) is 17.7 Å². The Morgan fingerprint density at radius 2 is 2.11 bits per heavy atom. The first kappa shape index (κ1) is 13.2. The number of carboxylic acids is 1. The van der Waals surface area contributed by atoms with Crippen molar-refractivity contribution < 1.29 is 18.7 Å². The zero-order chi connectivity index (χ0) is 14.2. The number of aliphatic carboxylic acids is 1. The molecule has 0 aliphatic rings. The number of halogens is 2. The maximum Gasteiger partial charge on any atom is 0.309 e. The highest BCUT2D eigenvalue weighted by molar-refractivity contribution is 5.72. The molecule has 0 saturated heterocycles. The van der Waals surface area contributed by atoms with Gasteiger partial charge in [0.15, 0.2) is 0 Å². The lowest BCUT2D eigenvalue weighted by Crippen LogP contribution is -2.06. The van der Waals surface area contributed by atoms with E-state index in [1.54, 1.807) is 14.0 Å². The van der Waals surface area contributed by atoms with E-state index in [9.17, 15) is 13.6 Å². The van der Waals surface area contributed by atoms with Crippen LogP contribution in [0.2, 0.25) is 0 Å². The van der Waals surface area contributed by atoms with E-state index in [1.165, 1.54) is 4.68 Å². The van der Waals surface area contributed by atoms with Crippen molar-refractivity contribution in [1.29, 1.82) is 0 Å². The minimum Gasteiger partial charge on any atom is -0.481 e. The maximum absolute atomic E-state index is 13.7. The van der Waals surface area contributed by atoms with Crippen LogP contribution in [-0.2, 0) is 18.3 Å². The molecule has 0 aliphatic heterocycles. The Hall–Kier alpha value is -2.24. The average molecular weight is 266 g/mol. The van der Waals surface area contributed by atoms with Crippen LogP contribution in [0.25, 0.3) is 11.3 Å². The molecule has 0 unspecified atom stereocenters. The first-order valence-electron chi connectivity index (χ1n) is 5.60.